The number of nitrogens with one attached hydrogen (secondary N) is 1. The zero-order valence-corrected chi connectivity index (χ0v) is 12.8. The summed E-state index contributed by atoms with van der Waals surface area (Å²) in [6.07, 6.45) is 2.55. The highest BCUT2D eigenvalue weighted by Crippen LogP contribution is 2.26. The van der Waals surface area contributed by atoms with Crippen LogP contribution < -0.4 is 5.32 Å². The molecule has 0 unspecified atom stereocenters. The minimum Gasteiger partial charge on any atom is -0.448 e. The van der Waals surface area contributed by atoms with Gasteiger partial charge in [0.25, 0.3) is 5.91 Å². The van der Waals surface area contributed by atoms with Crippen LogP contribution in [-0.2, 0) is 4.74 Å². The fraction of sp³-hybridized carbons (Fsp3) is 0.733. The van der Waals surface area contributed by atoms with Gasteiger partial charge in [-0.2, -0.15) is 0 Å². The van der Waals surface area contributed by atoms with Gasteiger partial charge >= 0.3 is 0 Å². The van der Waals surface area contributed by atoms with Crippen molar-refractivity contribution in [3.05, 3.63) is 17.8 Å². The van der Waals surface area contributed by atoms with E-state index in [2.05, 4.69) is 29.0 Å². The van der Waals surface area contributed by atoms with Crippen molar-refractivity contribution in [2.24, 2.45) is 5.92 Å². The van der Waals surface area contributed by atoms with Gasteiger partial charge in [0.05, 0.1) is 12.7 Å². The van der Waals surface area contributed by atoms with Gasteiger partial charge in [-0.15, -0.1) is 0 Å². The molecule has 2 fully saturated rings. The Morgan fingerprint density at radius 2 is 2.29 bits per heavy atom. The van der Waals surface area contributed by atoms with Gasteiger partial charge < -0.3 is 14.5 Å². The number of nitrogens with zero attached hydrogens (tertiary/aromatic N) is 2. The molecule has 21 heavy (non-hydrogen) atoms. The van der Waals surface area contributed by atoms with Crippen LogP contribution in [0.1, 0.15) is 36.5 Å². The standard InChI is InChI=1S/C15H23N3O3/c1-9(2)13-6-18-5-11(4-12(18)7-20-13)17-15(19)14-10(3)21-8-16-14/h8-9,11-13H,4-7H2,1-3H3,(H,17,19)/t11-,12-,13-/m0/s1. The Morgan fingerprint density at radius 1 is 1.48 bits per heavy atom. The van der Waals surface area contributed by atoms with Gasteiger partial charge in [-0.3, -0.25) is 9.69 Å². The first-order valence-electron chi connectivity index (χ1n) is 7.61. The van der Waals surface area contributed by atoms with Crippen molar-refractivity contribution >= 4 is 5.91 Å². The summed E-state index contributed by atoms with van der Waals surface area (Å²) in [6.45, 7) is 8.73. The molecule has 1 N–H and O–H groups in total. The maximum absolute atomic E-state index is 12.2. The molecule has 2 saturated heterocycles. The van der Waals surface area contributed by atoms with Gasteiger partial charge in [0, 0.05) is 25.2 Å². The Labute approximate surface area is 124 Å². The van der Waals surface area contributed by atoms with Crippen LogP contribution in [0.25, 0.3) is 0 Å². The number of ether oxygens (including phenoxy) is 1. The molecule has 6 heteroatoms. The number of hydrogen-bond donors (Lipinski definition) is 1. The second-order valence-electron chi connectivity index (χ2n) is 6.39. The van der Waals surface area contributed by atoms with Crippen LogP contribution in [-0.4, -0.2) is 53.7 Å². The Morgan fingerprint density at radius 3 is 2.95 bits per heavy atom. The molecule has 0 aliphatic carbocycles. The molecular formula is C15H23N3O3. The largest absolute Gasteiger partial charge is 0.448 e. The predicted molar refractivity (Wildman–Crippen MR) is 77.1 cm³/mol. The van der Waals surface area contributed by atoms with Crippen molar-refractivity contribution in [1.29, 1.82) is 0 Å². The van der Waals surface area contributed by atoms with Crippen LogP contribution in [0.4, 0.5) is 0 Å². The number of rotatable bonds is 3. The van der Waals surface area contributed by atoms with Crippen LogP contribution in [0, 0.1) is 12.8 Å². The Kier molecular flexibility index (Phi) is 3.99. The lowest BCUT2D eigenvalue weighted by Crippen LogP contribution is -2.48. The second-order valence-corrected chi connectivity index (χ2v) is 6.39. The SMILES string of the molecule is Cc1ocnc1C(=O)N[C@H]1C[C@H]2CO[C@H](C(C)C)CN2C1. The highest BCUT2D eigenvalue weighted by atomic mass is 16.5. The summed E-state index contributed by atoms with van der Waals surface area (Å²) < 4.78 is 11.0. The molecule has 6 nitrogen and oxygen atoms in total. The topological polar surface area (TPSA) is 67.6 Å². The number of fused-ring (bicyclic) bond motifs is 1. The molecule has 116 valence electrons. The summed E-state index contributed by atoms with van der Waals surface area (Å²) in [6, 6.07) is 0.580. The summed E-state index contributed by atoms with van der Waals surface area (Å²) in [5.74, 6) is 0.941. The van der Waals surface area contributed by atoms with Crippen LogP contribution >= 0.6 is 0 Å². The second kappa shape index (κ2) is 5.77. The number of aryl methyl sites for hydroxylation is 1. The van der Waals surface area contributed by atoms with Gasteiger partial charge in [0.1, 0.15) is 5.76 Å². The first-order chi connectivity index (χ1) is 10.0. The van der Waals surface area contributed by atoms with Crippen molar-refractivity contribution in [3.8, 4) is 0 Å². The molecule has 1 aromatic heterocycles. The van der Waals surface area contributed by atoms with Gasteiger partial charge in [-0.1, -0.05) is 13.8 Å². The monoisotopic (exact) mass is 293 g/mol. The number of amides is 1. The zero-order valence-electron chi connectivity index (χ0n) is 12.8. The van der Waals surface area contributed by atoms with Crippen molar-refractivity contribution in [3.63, 3.8) is 0 Å². The average Bonchev–Trinajstić information content (AvgIpc) is 3.02. The molecular weight excluding hydrogens is 270 g/mol. The summed E-state index contributed by atoms with van der Waals surface area (Å²) in [5, 5.41) is 3.06. The zero-order chi connectivity index (χ0) is 15.0. The third-order valence-corrected chi connectivity index (χ3v) is 4.48. The van der Waals surface area contributed by atoms with E-state index in [0.717, 1.165) is 26.1 Å². The summed E-state index contributed by atoms with van der Waals surface area (Å²) in [7, 11) is 0. The number of hydrogen-bond acceptors (Lipinski definition) is 5. The molecule has 3 atom stereocenters. The number of oxazole rings is 1. The predicted octanol–water partition coefficient (Wildman–Crippen LogP) is 1.21. The van der Waals surface area contributed by atoms with Gasteiger partial charge in [-0.05, 0) is 19.3 Å². The van der Waals surface area contributed by atoms with Gasteiger partial charge in [-0.25, -0.2) is 4.98 Å². The van der Waals surface area contributed by atoms with E-state index in [1.165, 1.54) is 6.39 Å². The Balaban J connectivity index is 1.58. The van der Waals surface area contributed by atoms with E-state index in [1.54, 1.807) is 6.92 Å². The van der Waals surface area contributed by atoms with Crippen LogP contribution in [0.3, 0.4) is 0 Å². The van der Waals surface area contributed by atoms with E-state index in [4.69, 9.17) is 9.15 Å². The number of carbonyl (C=O) groups excluding carboxylic acids is 1. The first-order valence-corrected chi connectivity index (χ1v) is 7.61. The molecule has 2 aliphatic rings. The van der Waals surface area contributed by atoms with Crippen LogP contribution in [0.5, 0.6) is 0 Å². The van der Waals surface area contributed by atoms with Crippen molar-refractivity contribution in [2.45, 2.75) is 45.4 Å². The third kappa shape index (κ3) is 2.96. The molecule has 0 aromatic carbocycles. The van der Waals surface area contributed by atoms with E-state index in [0.29, 0.717) is 29.5 Å². The Bertz CT molecular complexity index is 514. The molecule has 3 heterocycles. The smallest absolute Gasteiger partial charge is 0.273 e. The molecule has 0 radical (unpaired) electrons. The normalized spacial score (nSPS) is 29.6. The van der Waals surface area contributed by atoms with Crippen molar-refractivity contribution in [2.75, 3.05) is 19.7 Å². The quantitative estimate of drug-likeness (QED) is 0.907. The fourth-order valence-electron chi connectivity index (χ4n) is 3.18. The molecule has 1 aromatic rings. The van der Waals surface area contributed by atoms with Gasteiger partial charge in [0.15, 0.2) is 12.1 Å². The van der Waals surface area contributed by atoms with Gasteiger partial charge in [0.2, 0.25) is 0 Å². The van der Waals surface area contributed by atoms with E-state index in [-0.39, 0.29) is 11.9 Å². The Hall–Kier alpha value is -1.40. The molecule has 0 bridgehead atoms. The molecule has 0 spiro atoms. The first kappa shape index (κ1) is 14.5. The van der Waals surface area contributed by atoms with Crippen LogP contribution in [0.15, 0.2) is 10.8 Å². The lowest BCUT2D eigenvalue weighted by molar-refractivity contribution is -0.0683. The average molecular weight is 293 g/mol. The van der Waals surface area contributed by atoms with E-state index in [1.807, 2.05) is 0 Å². The van der Waals surface area contributed by atoms with E-state index in [9.17, 15) is 4.79 Å². The minimum absolute atomic E-state index is 0.146. The fourth-order valence-corrected chi connectivity index (χ4v) is 3.18. The molecule has 3 rings (SSSR count). The van der Waals surface area contributed by atoms with Crippen molar-refractivity contribution < 1.29 is 13.9 Å². The summed E-state index contributed by atoms with van der Waals surface area (Å²) in [4.78, 5) is 18.6. The maximum atomic E-state index is 12.2. The highest BCUT2D eigenvalue weighted by molar-refractivity contribution is 5.93. The third-order valence-electron chi connectivity index (χ3n) is 4.48. The lowest BCUT2D eigenvalue weighted by atomic mass is 10.0. The number of aromatic nitrogens is 1. The number of morpholine rings is 1. The summed E-state index contributed by atoms with van der Waals surface area (Å²) in [5.41, 5.74) is 0.385. The maximum Gasteiger partial charge on any atom is 0.273 e. The van der Waals surface area contributed by atoms with E-state index < -0.39 is 0 Å². The lowest BCUT2D eigenvalue weighted by Gasteiger charge is -2.36. The molecule has 1 amide bonds. The van der Waals surface area contributed by atoms with Crippen molar-refractivity contribution in [1.82, 2.24) is 15.2 Å². The van der Waals surface area contributed by atoms with Crippen LogP contribution in [0.2, 0.25) is 0 Å². The summed E-state index contributed by atoms with van der Waals surface area (Å²) >= 11 is 0. The van der Waals surface area contributed by atoms with E-state index >= 15 is 0 Å². The molecule has 2 aliphatic heterocycles. The molecule has 0 saturated carbocycles. The number of carbonyl (C=O) groups is 1. The minimum atomic E-state index is -0.146. The highest BCUT2D eigenvalue weighted by Gasteiger charge is 2.38.